The van der Waals surface area contributed by atoms with Crippen LogP contribution in [0.25, 0.3) is 11.0 Å². The van der Waals surface area contributed by atoms with Gasteiger partial charge in [-0.05, 0) is 12.1 Å². The standard InChI is InChI=1S/C11H11FO/c1-7(2)10-6-8-4-3-5-9(12)11(8)13-10/h3-7H,1-2H3. The molecular weight excluding hydrogens is 167 g/mol. The van der Waals surface area contributed by atoms with E-state index in [2.05, 4.69) is 0 Å². The third kappa shape index (κ3) is 1.32. The Morgan fingerprint density at radius 3 is 2.69 bits per heavy atom. The largest absolute Gasteiger partial charge is 0.458 e. The van der Waals surface area contributed by atoms with Crippen molar-refractivity contribution in [2.75, 3.05) is 0 Å². The number of halogens is 1. The van der Waals surface area contributed by atoms with Gasteiger partial charge < -0.3 is 4.42 Å². The molecule has 13 heavy (non-hydrogen) atoms. The van der Waals surface area contributed by atoms with E-state index in [-0.39, 0.29) is 5.82 Å². The van der Waals surface area contributed by atoms with Crippen LogP contribution in [-0.4, -0.2) is 0 Å². The number of hydrogen-bond donors (Lipinski definition) is 0. The summed E-state index contributed by atoms with van der Waals surface area (Å²) in [4.78, 5) is 0. The number of rotatable bonds is 1. The number of hydrogen-bond acceptors (Lipinski definition) is 1. The van der Waals surface area contributed by atoms with Crippen LogP contribution in [0.5, 0.6) is 0 Å². The summed E-state index contributed by atoms with van der Waals surface area (Å²) in [5, 5.41) is 0.837. The van der Waals surface area contributed by atoms with Gasteiger partial charge in [-0.15, -0.1) is 0 Å². The predicted octanol–water partition coefficient (Wildman–Crippen LogP) is 3.70. The van der Waals surface area contributed by atoms with Crippen molar-refractivity contribution in [3.63, 3.8) is 0 Å². The maximum atomic E-state index is 13.2. The highest BCUT2D eigenvalue weighted by atomic mass is 19.1. The lowest BCUT2D eigenvalue weighted by atomic mass is 10.1. The number of benzene rings is 1. The predicted molar refractivity (Wildman–Crippen MR) is 50.3 cm³/mol. The van der Waals surface area contributed by atoms with E-state index in [0.717, 1.165) is 11.1 Å². The van der Waals surface area contributed by atoms with E-state index >= 15 is 0 Å². The van der Waals surface area contributed by atoms with Crippen molar-refractivity contribution in [1.82, 2.24) is 0 Å². The van der Waals surface area contributed by atoms with Crippen LogP contribution in [-0.2, 0) is 0 Å². The van der Waals surface area contributed by atoms with Gasteiger partial charge in [-0.25, -0.2) is 4.39 Å². The third-order valence-corrected chi connectivity index (χ3v) is 2.08. The molecule has 0 saturated heterocycles. The smallest absolute Gasteiger partial charge is 0.169 e. The molecular formula is C11H11FO. The van der Waals surface area contributed by atoms with Crippen LogP contribution in [0.2, 0.25) is 0 Å². The van der Waals surface area contributed by atoms with Crippen LogP contribution in [0.4, 0.5) is 4.39 Å². The summed E-state index contributed by atoms with van der Waals surface area (Å²) in [6.45, 7) is 4.05. The molecule has 0 bridgehead atoms. The van der Waals surface area contributed by atoms with Crippen LogP contribution >= 0.6 is 0 Å². The molecule has 2 heteroatoms. The zero-order valence-corrected chi connectivity index (χ0v) is 7.67. The van der Waals surface area contributed by atoms with Crippen LogP contribution in [0.15, 0.2) is 28.7 Å². The molecule has 2 aromatic rings. The summed E-state index contributed by atoms with van der Waals surface area (Å²) in [6, 6.07) is 6.85. The molecule has 0 fully saturated rings. The molecule has 0 radical (unpaired) electrons. The normalized spacial score (nSPS) is 11.4. The first-order valence-corrected chi connectivity index (χ1v) is 4.36. The Bertz CT molecular complexity index is 429. The summed E-state index contributed by atoms with van der Waals surface area (Å²) in [5.74, 6) is 0.844. The quantitative estimate of drug-likeness (QED) is 0.649. The molecule has 68 valence electrons. The molecule has 2 rings (SSSR count). The van der Waals surface area contributed by atoms with Crippen LogP contribution in [0.3, 0.4) is 0 Å². The number of furan rings is 1. The van der Waals surface area contributed by atoms with Crippen molar-refractivity contribution < 1.29 is 8.81 Å². The highest BCUT2D eigenvalue weighted by Crippen LogP contribution is 2.26. The van der Waals surface area contributed by atoms with E-state index in [1.807, 2.05) is 26.0 Å². The van der Waals surface area contributed by atoms with Gasteiger partial charge in [0.05, 0.1) is 0 Å². The maximum Gasteiger partial charge on any atom is 0.169 e. The van der Waals surface area contributed by atoms with Gasteiger partial charge in [0, 0.05) is 11.3 Å². The fourth-order valence-electron chi connectivity index (χ4n) is 1.33. The Labute approximate surface area is 76.2 Å². The molecule has 1 nitrogen and oxygen atoms in total. The highest BCUT2D eigenvalue weighted by molar-refractivity contribution is 5.78. The van der Waals surface area contributed by atoms with E-state index in [0.29, 0.717) is 11.5 Å². The maximum absolute atomic E-state index is 13.2. The van der Waals surface area contributed by atoms with Gasteiger partial charge in [-0.2, -0.15) is 0 Å². The van der Waals surface area contributed by atoms with Crippen molar-refractivity contribution in [2.45, 2.75) is 19.8 Å². The molecule has 0 atom stereocenters. The minimum Gasteiger partial charge on any atom is -0.458 e. The highest BCUT2D eigenvalue weighted by Gasteiger charge is 2.09. The van der Waals surface area contributed by atoms with Crippen molar-refractivity contribution in [3.05, 3.63) is 35.8 Å². The fourth-order valence-corrected chi connectivity index (χ4v) is 1.33. The second-order valence-electron chi connectivity index (χ2n) is 3.46. The van der Waals surface area contributed by atoms with Crippen molar-refractivity contribution in [3.8, 4) is 0 Å². The molecule has 0 aliphatic heterocycles. The first-order chi connectivity index (χ1) is 6.18. The van der Waals surface area contributed by atoms with Crippen LogP contribution in [0, 0.1) is 5.82 Å². The minimum atomic E-state index is -0.288. The molecule has 0 aliphatic rings. The average Bonchev–Trinajstić information content (AvgIpc) is 2.49. The lowest BCUT2D eigenvalue weighted by Crippen LogP contribution is -1.79. The third-order valence-electron chi connectivity index (χ3n) is 2.08. The summed E-state index contributed by atoms with van der Waals surface area (Å²) in [5.41, 5.74) is 0.367. The zero-order chi connectivity index (χ0) is 9.42. The van der Waals surface area contributed by atoms with Gasteiger partial charge in [0.2, 0.25) is 0 Å². The van der Waals surface area contributed by atoms with Gasteiger partial charge in [-0.3, -0.25) is 0 Å². The van der Waals surface area contributed by atoms with Crippen molar-refractivity contribution in [2.24, 2.45) is 0 Å². The second kappa shape index (κ2) is 2.87. The average molecular weight is 178 g/mol. The van der Waals surface area contributed by atoms with E-state index in [4.69, 9.17) is 4.42 Å². The van der Waals surface area contributed by atoms with E-state index in [1.54, 1.807) is 6.07 Å². The molecule has 1 aromatic heterocycles. The first-order valence-electron chi connectivity index (χ1n) is 4.36. The molecule has 0 aliphatic carbocycles. The first kappa shape index (κ1) is 8.30. The number of para-hydroxylation sites is 1. The van der Waals surface area contributed by atoms with Gasteiger partial charge in [0.1, 0.15) is 5.76 Å². The van der Waals surface area contributed by atoms with Gasteiger partial charge in [0.15, 0.2) is 11.4 Å². The molecule has 0 unspecified atom stereocenters. The Morgan fingerprint density at radius 2 is 2.08 bits per heavy atom. The molecule has 0 N–H and O–H groups in total. The van der Waals surface area contributed by atoms with Gasteiger partial charge in [0.25, 0.3) is 0 Å². The van der Waals surface area contributed by atoms with Crippen LogP contribution in [0.1, 0.15) is 25.5 Å². The SMILES string of the molecule is CC(C)c1cc2cccc(F)c2o1. The lowest BCUT2D eigenvalue weighted by Gasteiger charge is -1.96. The lowest BCUT2D eigenvalue weighted by molar-refractivity contribution is 0.499. The summed E-state index contributed by atoms with van der Waals surface area (Å²) in [6.07, 6.45) is 0. The van der Waals surface area contributed by atoms with E-state index in [1.165, 1.54) is 6.07 Å². The molecule has 0 saturated carbocycles. The molecule has 0 amide bonds. The van der Waals surface area contributed by atoms with E-state index < -0.39 is 0 Å². The second-order valence-corrected chi connectivity index (χ2v) is 3.46. The minimum absolute atomic E-state index is 0.288. The van der Waals surface area contributed by atoms with Crippen molar-refractivity contribution >= 4 is 11.0 Å². The Balaban J connectivity index is 2.68. The topological polar surface area (TPSA) is 13.1 Å². The zero-order valence-electron chi connectivity index (χ0n) is 7.67. The summed E-state index contributed by atoms with van der Waals surface area (Å²) in [7, 11) is 0. The monoisotopic (exact) mass is 178 g/mol. The number of fused-ring (bicyclic) bond motifs is 1. The van der Waals surface area contributed by atoms with Crippen molar-refractivity contribution in [1.29, 1.82) is 0 Å². The van der Waals surface area contributed by atoms with Gasteiger partial charge >= 0.3 is 0 Å². The van der Waals surface area contributed by atoms with Crippen LogP contribution < -0.4 is 0 Å². The molecule has 1 heterocycles. The van der Waals surface area contributed by atoms with Gasteiger partial charge in [-0.1, -0.05) is 26.0 Å². The Kier molecular flexibility index (Phi) is 1.83. The molecule has 1 aromatic carbocycles. The van der Waals surface area contributed by atoms with E-state index in [9.17, 15) is 4.39 Å². The Hall–Kier alpha value is -1.31. The fraction of sp³-hybridized carbons (Fsp3) is 0.273. The summed E-state index contributed by atoms with van der Waals surface area (Å²) >= 11 is 0. The summed E-state index contributed by atoms with van der Waals surface area (Å²) < 4.78 is 18.6. The Morgan fingerprint density at radius 1 is 1.31 bits per heavy atom. The molecule has 0 spiro atoms.